The molecular formula is C29H36N4O7S. The Morgan fingerprint density at radius 1 is 1.05 bits per heavy atom. The molecule has 2 aromatic carbocycles. The molecule has 1 amide bonds. The third-order valence-corrected chi connectivity index (χ3v) is 7.95. The van der Waals surface area contributed by atoms with Crippen LogP contribution >= 0.6 is 0 Å². The van der Waals surface area contributed by atoms with Crippen LogP contribution in [0.25, 0.3) is 0 Å². The highest BCUT2D eigenvalue weighted by atomic mass is 32.2. The molecule has 0 spiro atoms. The van der Waals surface area contributed by atoms with Crippen LogP contribution in [0.4, 0.5) is 5.69 Å². The first-order chi connectivity index (χ1) is 19.6. The standard InChI is InChI=1S/C29H36N4O7S/c1-20(2)21-9-10-27(30-19-21)41(36,37)31-23-17-22(29(35)33-13-11-32(3)12-14-33)18-26(39-16-15-34)28(23)40-25-8-6-5-7-24(25)38-4/h5-10,17-20,31,34H,11-16H2,1-4H3. The fourth-order valence-electron chi connectivity index (χ4n) is 4.26. The molecule has 0 saturated carbocycles. The highest BCUT2D eigenvalue weighted by Crippen LogP contribution is 2.43. The maximum absolute atomic E-state index is 13.5. The van der Waals surface area contributed by atoms with Crippen LogP contribution in [0.3, 0.4) is 0 Å². The molecule has 1 aromatic heterocycles. The predicted octanol–water partition coefficient (Wildman–Crippen LogP) is 3.57. The Bertz CT molecular complexity index is 1450. The summed E-state index contributed by atoms with van der Waals surface area (Å²) in [5, 5.41) is 9.28. The molecule has 1 aliphatic rings. The number of anilines is 1. The number of aliphatic hydroxyl groups is 1. The average Bonchev–Trinajstić information content (AvgIpc) is 2.97. The number of aromatic nitrogens is 1. The fourth-order valence-corrected chi connectivity index (χ4v) is 5.25. The van der Waals surface area contributed by atoms with E-state index in [1.165, 1.54) is 31.5 Å². The lowest BCUT2D eigenvalue weighted by atomic mass is 10.1. The quantitative estimate of drug-likeness (QED) is 0.347. The first-order valence-electron chi connectivity index (χ1n) is 13.3. The summed E-state index contributed by atoms with van der Waals surface area (Å²) in [6.45, 7) is 6.03. The highest BCUT2D eigenvalue weighted by molar-refractivity contribution is 7.92. The number of sulfonamides is 1. The maximum atomic E-state index is 13.5. The molecular weight excluding hydrogens is 548 g/mol. The van der Waals surface area contributed by atoms with Gasteiger partial charge in [0.1, 0.15) is 6.61 Å². The Labute approximate surface area is 240 Å². The number of rotatable bonds is 11. The summed E-state index contributed by atoms with van der Waals surface area (Å²) in [6.07, 6.45) is 1.52. The summed E-state index contributed by atoms with van der Waals surface area (Å²) in [4.78, 5) is 21.5. The van der Waals surface area contributed by atoms with Crippen LogP contribution in [0, 0.1) is 0 Å². The van der Waals surface area contributed by atoms with Crippen LogP contribution in [0.2, 0.25) is 0 Å². The van der Waals surface area contributed by atoms with Crippen molar-refractivity contribution in [2.45, 2.75) is 24.8 Å². The van der Waals surface area contributed by atoms with Crippen molar-refractivity contribution in [1.29, 1.82) is 0 Å². The maximum Gasteiger partial charge on any atom is 0.279 e. The van der Waals surface area contributed by atoms with Gasteiger partial charge in [0, 0.05) is 37.9 Å². The van der Waals surface area contributed by atoms with Crippen molar-refractivity contribution in [3.63, 3.8) is 0 Å². The van der Waals surface area contributed by atoms with Crippen molar-refractivity contribution < 1.29 is 32.5 Å². The molecule has 2 N–H and O–H groups in total. The van der Waals surface area contributed by atoms with Crippen LogP contribution in [0.15, 0.2) is 59.8 Å². The Balaban J connectivity index is 1.81. The molecule has 0 bridgehead atoms. The van der Waals surface area contributed by atoms with Crippen molar-refractivity contribution in [1.82, 2.24) is 14.8 Å². The van der Waals surface area contributed by atoms with Gasteiger partial charge in [-0.1, -0.05) is 32.0 Å². The molecule has 2 heterocycles. The number of hydrogen-bond acceptors (Lipinski definition) is 9. The summed E-state index contributed by atoms with van der Waals surface area (Å²) in [6, 6.07) is 12.9. The van der Waals surface area contributed by atoms with Crippen molar-refractivity contribution in [3.8, 4) is 23.0 Å². The Morgan fingerprint density at radius 3 is 2.37 bits per heavy atom. The van der Waals surface area contributed by atoms with Gasteiger partial charge in [0.2, 0.25) is 0 Å². The number of nitrogens with one attached hydrogen (secondary N) is 1. The van der Waals surface area contributed by atoms with Crippen molar-refractivity contribution in [2.24, 2.45) is 0 Å². The van der Waals surface area contributed by atoms with Crippen LogP contribution < -0.4 is 18.9 Å². The topological polar surface area (TPSA) is 131 Å². The smallest absolute Gasteiger partial charge is 0.279 e. The zero-order valence-corrected chi connectivity index (χ0v) is 24.5. The van der Waals surface area contributed by atoms with Crippen LogP contribution in [0.1, 0.15) is 35.7 Å². The minimum atomic E-state index is -4.21. The first kappa shape index (κ1) is 30.1. The minimum Gasteiger partial charge on any atom is -0.493 e. The van der Waals surface area contributed by atoms with Gasteiger partial charge in [-0.3, -0.25) is 9.52 Å². The Morgan fingerprint density at radius 2 is 1.76 bits per heavy atom. The van der Waals surface area contributed by atoms with E-state index in [0.29, 0.717) is 37.7 Å². The van der Waals surface area contributed by atoms with E-state index in [2.05, 4.69) is 14.6 Å². The van der Waals surface area contributed by atoms with Gasteiger partial charge in [-0.05, 0) is 48.9 Å². The summed E-state index contributed by atoms with van der Waals surface area (Å²) in [5.74, 6) is 0.665. The Hall–Kier alpha value is -3.87. The third kappa shape index (κ3) is 7.26. The van der Waals surface area contributed by atoms with E-state index in [0.717, 1.165) is 5.56 Å². The number of likely N-dealkylation sites (N-methyl/N-ethyl adjacent to an activating group) is 1. The number of aliphatic hydroxyl groups excluding tert-OH is 1. The largest absolute Gasteiger partial charge is 0.493 e. The van der Waals surface area contributed by atoms with Gasteiger partial charge >= 0.3 is 0 Å². The van der Waals surface area contributed by atoms with Crippen molar-refractivity contribution in [2.75, 3.05) is 58.3 Å². The zero-order chi connectivity index (χ0) is 29.6. The second-order valence-electron chi connectivity index (χ2n) is 9.96. The molecule has 0 atom stereocenters. The molecule has 3 aromatic rings. The van der Waals surface area contributed by atoms with Crippen molar-refractivity contribution >= 4 is 21.6 Å². The number of methoxy groups -OCH3 is 1. The number of hydrogen-bond donors (Lipinski definition) is 2. The zero-order valence-electron chi connectivity index (χ0n) is 23.7. The summed E-state index contributed by atoms with van der Waals surface area (Å²) in [7, 11) is -0.734. The molecule has 41 heavy (non-hydrogen) atoms. The number of benzene rings is 2. The molecule has 11 nitrogen and oxygen atoms in total. The Kier molecular flexibility index (Phi) is 9.69. The van der Waals surface area contributed by atoms with Gasteiger partial charge in [-0.15, -0.1) is 0 Å². The number of ether oxygens (including phenoxy) is 3. The second kappa shape index (κ2) is 13.2. The number of amides is 1. The summed E-state index contributed by atoms with van der Waals surface area (Å²) < 4.78 is 47.0. The molecule has 1 saturated heterocycles. The SMILES string of the molecule is COc1ccccc1Oc1c(NS(=O)(=O)c2ccc(C(C)C)cn2)cc(C(=O)N2CCN(C)CC2)cc1OCCO. The van der Waals surface area contributed by atoms with Crippen LogP contribution in [-0.2, 0) is 10.0 Å². The van der Waals surface area contributed by atoms with Crippen LogP contribution in [0.5, 0.6) is 23.0 Å². The molecule has 0 aliphatic carbocycles. The van der Waals surface area contributed by atoms with Gasteiger partial charge in [-0.2, -0.15) is 8.42 Å². The van der Waals surface area contributed by atoms with E-state index in [9.17, 15) is 18.3 Å². The molecule has 1 aliphatic heterocycles. The van der Waals surface area contributed by atoms with Gasteiger partial charge in [-0.25, -0.2) is 4.98 Å². The monoisotopic (exact) mass is 584 g/mol. The fraction of sp³-hybridized carbons (Fsp3) is 0.379. The normalized spacial score (nSPS) is 14.1. The minimum absolute atomic E-state index is 0.000234. The molecule has 0 radical (unpaired) electrons. The number of carbonyl (C=O) groups is 1. The van der Waals surface area contributed by atoms with E-state index in [4.69, 9.17) is 14.2 Å². The van der Waals surface area contributed by atoms with E-state index >= 15 is 0 Å². The molecule has 4 rings (SSSR count). The van der Waals surface area contributed by atoms with E-state index in [1.807, 2.05) is 20.9 Å². The number of para-hydroxylation sites is 2. The number of pyridine rings is 1. The van der Waals surface area contributed by atoms with Crippen molar-refractivity contribution in [3.05, 3.63) is 65.9 Å². The number of carbonyl (C=O) groups excluding carboxylic acids is 1. The predicted molar refractivity (Wildman–Crippen MR) is 155 cm³/mol. The van der Waals surface area contributed by atoms with E-state index in [-0.39, 0.29) is 52.8 Å². The first-order valence-corrected chi connectivity index (χ1v) is 14.8. The third-order valence-electron chi connectivity index (χ3n) is 6.67. The van der Waals surface area contributed by atoms with Crippen LogP contribution in [-0.4, -0.2) is 87.8 Å². The number of nitrogens with zero attached hydrogens (tertiary/aromatic N) is 3. The second-order valence-corrected chi connectivity index (χ2v) is 11.6. The highest BCUT2D eigenvalue weighted by Gasteiger charge is 2.27. The van der Waals surface area contributed by atoms with Gasteiger partial charge in [0.05, 0.1) is 19.4 Å². The molecule has 0 unspecified atom stereocenters. The summed E-state index contributed by atoms with van der Waals surface area (Å²) >= 11 is 0. The van der Waals surface area contributed by atoms with E-state index < -0.39 is 10.0 Å². The molecule has 220 valence electrons. The number of piperazine rings is 1. The lowest BCUT2D eigenvalue weighted by Gasteiger charge is -2.32. The lowest BCUT2D eigenvalue weighted by molar-refractivity contribution is 0.0663. The van der Waals surface area contributed by atoms with Gasteiger partial charge in [0.25, 0.3) is 15.9 Å². The lowest BCUT2D eigenvalue weighted by Crippen LogP contribution is -2.47. The van der Waals surface area contributed by atoms with E-state index in [1.54, 1.807) is 35.2 Å². The molecule has 1 fully saturated rings. The average molecular weight is 585 g/mol. The summed E-state index contributed by atoms with van der Waals surface area (Å²) in [5.41, 5.74) is 1.07. The van der Waals surface area contributed by atoms with Gasteiger partial charge < -0.3 is 29.1 Å². The van der Waals surface area contributed by atoms with Gasteiger partial charge in [0.15, 0.2) is 28.0 Å². The molecule has 12 heteroatoms.